The lowest BCUT2D eigenvalue weighted by Crippen LogP contribution is -2.47. The second-order valence-electron chi connectivity index (χ2n) is 6.10. The average molecular weight is 420 g/mol. The minimum atomic E-state index is -0.318. The molecule has 1 atom stereocenters. The molecular formula is C19H22BrN3O3. The van der Waals surface area contributed by atoms with Gasteiger partial charge in [-0.15, -0.1) is 5.06 Å². The summed E-state index contributed by atoms with van der Waals surface area (Å²) in [6.07, 6.45) is 1.80. The molecule has 1 aliphatic rings. The number of carbonyl (C=O) groups is 1. The number of pyridine rings is 1. The van der Waals surface area contributed by atoms with Gasteiger partial charge in [0.15, 0.2) is 0 Å². The Bertz CT molecular complexity index is 749. The smallest absolute Gasteiger partial charge is 0.357 e. The van der Waals surface area contributed by atoms with Crippen molar-refractivity contribution in [2.75, 3.05) is 38.2 Å². The molecule has 7 heteroatoms. The highest BCUT2D eigenvalue weighted by molar-refractivity contribution is 9.10. The molecule has 1 aromatic carbocycles. The first-order valence-electron chi connectivity index (χ1n) is 8.54. The van der Waals surface area contributed by atoms with Crippen molar-refractivity contribution in [3.05, 3.63) is 58.3 Å². The number of halogens is 1. The molecule has 0 saturated carbocycles. The van der Waals surface area contributed by atoms with E-state index >= 15 is 0 Å². The number of benzene rings is 1. The van der Waals surface area contributed by atoms with Crippen LogP contribution in [-0.4, -0.2) is 49.3 Å². The van der Waals surface area contributed by atoms with E-state index in [1.807, 2.05) is 31.3 Å². The van der Waals surface area contributed by atoms with E-state index in [9.17, 15) is 4.79 Å². The molecule has 1 fully saturated rings. The molecule has 1 aliphatic heterocycles. The normalized spacial score (nSPS) is 16.3. The molecule has 0 aliphatic carbocycles. The van der Waals surface area contributed by atoms with E-state index in [-0.39, 0.29) is 12.1 Å². The highest BCUT2D eigenvalue weighted by Crippen LogP contribution is 2.28. The van der Waals surface area contributed by atoms with Crippen LogP contribution in [0.1, 0.15) is 29.1 Å². The van der Waals surface area contributed by atoms with Crippen LogP contribution in [0.25, 0.3) is 0 Å². The van der Waals surface area contributed by atoms with Crippen molar-refractivity contribution in [3.63, 3.8) is 0 Å². The zero-order valence-electron chi connectivity index (χ0n) is 14.9. The molecule has 6 nitrogen and oxygen atoms in total. The Labute approximate surface area is 161 Å². The van der Waals surface area contributed by atoms with Gasteiger partial charge in [-0.2, -0.15) is 0 Å². The fourth-order valence-electron chi connectivity index (χ4n) is 2.80. The molecule has 138 valence electrons. The highest BCUT2D eigenvalue weighted by Gasteiger charge is 2.22. The van der Waals surface area contributed by atoms with Crippen molar-refractivity contribution in [2.24, 2.45) is 0 Å². The fraction of sp³-hybridized carbons (Fsp3) is 0.368. The van der Waals surface area contributed by atoms with E-state index in [1.54, 1.807) is 24.3 Å². The van der Waals surface area contributed by atoms with Crippen molar-refractivity contribution >= 4 is 27.6 Å². The summed E-state index contributed by atoms with van der Waals surface area (Å²) in [7, 11) is 1.67. The van der Waals surface area contributed by atoms with Gasteiger partial charge >= 0.3 is 5.97 Å². The third-order valence-corrected chi connectivity index (χ3v) is 5.05. The van der Waals surface area contributed by atoms with E-state index in [1.165, 1.54) is 0 Å². The van der Waals surface area contributed by atoms with E-state index in [0.29, 0.717) is 18.7 Å². The predicted molar refractivity (Wildman–Crippen MR) is 103 cm³/mol. The molecule has 3 rings (SSSR count). The SMILES string of the molecule is CO[C@@H](C)c1ncc(N2CCN(OC(=O)c3ccccc3)CC2)cc1Br. The Kier molecular flexibility index (Phi) is 6.24. The quantitative estimate of drug-likeness (QED) is 0.739. The van der Waals surface area contributed by atoms with Gasteiger partial charge in [-0.1, -0.05) is 18.2 Å². The van der Waals surface area contributed by atoms with E-state index in [0.717, 1.165) is 28.9 Å². The van der Waals surface area contributed by atoms with Crippen LogP contribution in [0, 0.1) is 0 Å². The summed E-state index contributed by atoms with van der Waals surface area (Å²) in [6.45, 7) is 4.77. The Morgan fingerprint density at radius 2 is 1.88 bits per heavy atom. The Balaban J connectivity index is 1.57. The summed E-state index contributed by atoms with van der Waals surface area (Å²) in [6, 6.07) is 11.1. The fourth-order valence-corrected chi connectivity index (χ4v) is 3.46. The molecular weight excluding hydrogens is 398 g/mol. The van der Waals surface area contributed by atoms with Gasteiger partial charge < -0.3 is 14.5 Å². The summed E-state index contributed by atoms with van der Waals surface area (Å²) in [5.41, 5.74) is 2.48. The summed E-state index contributed by atoms with van der Waals surface area (Å²) >= 11 is 3.58. The van der Waals surface area contributed by atoms with Gasteiger partial charge in [0.25, 0.3) is 0 Å². The van der Waals surface area contributed by atoms with Crippen LogP contribution in [0.15, 0.2) is 47.1 Å². The number of hydrogen-bond donors (Lipinski definition) is 0. The standard InChI is InChI=1S/C19H22BrN3O3/c1-14(25-2)18-17(20)12-16(13-21-18)22-8-10-23(11-9-22)26-19(24)15-6-4-3-5-7-15/h3-7,12-14H,8-11H2,1-2H3/t14-/m0/s1. The van der Waals surface area contributed by atoms with Crippen LogP contribution in [0.4, 0.5) is 5.69 Å². The maximum Gasteiger partial charge on any atom is 0.357 e. The molecule has 0 N–H and O–H groups in total. The predicted octanol–water partition coefficient (Wildman–Crippen LogP) is 3.45. The second-order valence-corrected chi connectivity index (χ2v) is 6.95. The van der Waals surface area contributed by atoms with Crippen LogP contribution in [0.5, 0.6) is 0 Å². The largest absolute Gasteiger partial charge is 0.375 e. The summed E-state index contributed by atoms with van der Waals surface area (Å²) < 4.78 is 6.26. The minimum Gasteiger partial charge on any atom is -0.375 e. The van der Waals surface area contributed by atoms with Crippen molar-refractivity contribution < 1.29 is 14.4 Å². The topological polar surface area (TPSA) is 54.9 Å². The van der Waals surface area contributed by atoms with Crippen molar-refractivity contribution in [1.82, 2.24) is 10.0 Å². The first-order valence-corrected chi connectivity index (χ1v) is 9.33. The van der Waals surface area contributed by atoms with Gasteiger partial charge in [0.05, 0.1) is 42.3 Å². The monoisotopic (exact) mass is 419 g/mol. The molecule has 26 heavy (non-hydrogen) atoms. The number of rotatable bonds is 5. The lowest BCUT2D eigenvalue weighted by atomic mass is 10.2. The number of aromatic nitrogens is 1. The molecule has 1 aromatic heterocycles. The van der Waals surface area contributed by atoms with E-state index in [4.69, 9.17) is 9.57 Å². The summed E-state index contributed by atoms with van der Waals surface area (Å²) in [4.78, 5) is 24.4. The number of piperazine rings is 1. The Morgan fingerprint density at radius 3 is 2.50 bits per heavy atom. The lowest BCUT2D eigenvalue weighted by Gasteiger charge is -2.34. The zero-order valence-corrected chi connectivity index (χ0v) is 16.5. The second kappa shape index (κ2) is 8.62. The molecule has 0 bridgehead atoms. The van der Waals surface area contributed by atoms with Crippen molar-refractivity contribution in [2.45, 2.75) is 13.0 Å². The van der Waals surface area contributed by atoms with Gasteiger partial charge in [-0.05, 0) is 41.1 Å². The Morgan fingerprint density at radius 1 is 1.19 bits per heavy atom. The maximum absolute atomic E-state index is 12.1. The molecule has 1 saturated heterocycles. The molecule has 2 heterocycles. The van der Waals surface area contributed by atoms with Crippen LogP contribution >= 0.6 is 15.9 Å². The van der Waals surface area contributed by atoms with Gasteiger partial charge in [0, 0.05) is 24.7 Å². The number of ether oxygens (including phenoxy) is 1. The van der Waals surface area contributed by atoms with Crippen LogP contribution < -0.4 is 4.90 Å². The summed E-state index contributed by atoms with van der Waals surface area (Å²) in [5.74, 6) is -0.318. The highest BCUT2D eigenvalue weighted by atomic mass is 79.9. The van der Waals surface area contributed by atoms with E-state index < -0.39 is 0 Å². The zero-order chi connectivity index (χ0) is 18.5. The number of carbonyl (C=O) groups excluding carboxylic acids is 1. The minimum absolute atomic E-state index is 0.0623. The number of hydroxylamine groups is 2. The Hall–Kier alpha value is -1.96. The first-order chi connectivity index (χ1) is 12.6. The number of nitrogens with zero attached hydrogens (tertiary/aromatic N) is 3. The van der Waals surface area contributed by atoms with E-state index in [2.05, 4.69) is 31.9 Å². The maximum atomic E-state index is 12.1. The molecule has 0 amide bonds. The van der Waals surface area contributed by atoms with Crippen LogP contribution in [-0.2, 0) is 9.57 Å². The van der Waals surface area contributed by atoms with Gasteiger partial charge in [-0.3, -0.25) is 4.98 Å². The molecule has 2 aromatic rings. The number of anilines is 1. The lowest BCUT2D eigenvalue weighted by molar-refractivity contribution is -0.112. The third kappa shape index (κ3) is 4.41. The van der Waals surface area contributed by atoms with Crippen LogP contribution in [0.2, 0.25) is 0 Å². The van der Waals surface area contributed by atoms with Crippen LogP contribution in [0.3, 0.4) is 0 Å². The van der Waals surface area contributed by atoms with Crippen molar-refractivity contribution in [3.8, 4) is 0 Å². The third-order valence-electron chi connectivity index (χ3n) is 4.42. The molecule has 0 radical (unpaired) electrons. The molecule has 0 unspecified atom stereocenters. The van der Waals surface area contributed by atoms with Gasteiger partial charge in [-0.25, -0.2) is 4.79 Å². The summed E-state index contributed by atoms with van der Waals surface area (Å²) in [5, 5.41) is 1.72. The van der Waals surface area contributed by atoms with Gasteiger partial charge in [0.1, 0.15) is 0 Å². The molecule has 0 spiro atoms. The number of hydrogen-bond acceptors (Lipinski definition) is 6. The average Bonchev–Trinajstić information content (AvgIpc) is 2.68. The van der Waals surface area contributed by atoms with Crippen molar-refractivity contribution in [1.29, 1.82) is 0 Å². The number of methoxy groups -OCH3 is 1. The van der Waals surface area contributed by atoms with Gasteiger partial charge in [0.2, 0.25) is 0 Å². The first kappa shape index (κ1) is 18.8.